The smallest absolute Gasteiger partial charge is 0.304 e. The number of hydrogen-bond acceptors (Lipinski definition) is 3. The van der Waals surface area contributed by atoms with Crippen molar-refractivity contribution in [2.75, 3.05) is 6.54 Å². The molecule has 0 unspecified atom stereocenters. The third-order valence-electron chi connectivity index (χ3n) is 1.81. The van der Waals surface area contributed by atoms with Crippen molar-refractivity contribution in [3.05, 3.63) is 29.0 Å². The van der Waals surface area contributed by atoms with Crippen LogP contribution in [0.4, 0.5) is 4.39 Å². The molecule has 0 aliphatic rings. The van der Waals surface area contributed by atoms with Crippen molar-refractivity contribution < 1.29 is 22.7 Å². The van der Waals surface area contributed by atoms with Gasteiger partial charge in [-0.1, -0.05) is 11.6 Å². The molecule has 5 nitrogen and oxygen atoms in total. The molecular formula is C9H9ClFNO4S. The van der Waals surface area contributed by atoms with E-state index in [-0.39, 0.29) is 22.9 Å². The maximum atomic E-state index is 12.7. The largest absolute Gasteiger partial charge is 0.481 e. The molecule has 2 N–H and O–H groups in total. The lowest BCUT2D eigenvalue weighted by Gasteiger charge is -2.07. The number of hydrogen-bond donors (Lipinski definition) is 2. The van der Waals surface area contributed by atoms with Gasteiger partial charge in [0.15, 0.2) is 0 Å². The summed E-state index contributed by atoms with van der Waals surface area (Å²) in [6.07, 6.45) is -0.349. The summed E-state index contributed by atoms with van der Waals surface area (Å²) in [5.74, 6) is -1.78. The third-order valence-corrected chi connectivity index (χ3v) is 3.76. The van der Waals surface area contributed by atoms with Crippen LogP contribution in [0.1, 0.15) is 6.42 Å². The van der Waals surface area contributed by atoms with Crippen molar-refractivity contribution in [1.82, 2.24) is 4.72 Å². The van der Waals surface area contributed by atoms with E-state index in [0.29, 0.717) is 0 Å². The lowest BCUT2D eigenvalue weighted by atomic mass is 10.3. The topological polar surface area (TPSA) is 83.5 Å². The molecular weight excluding hydrogens is 273 g/mol. The molecule has 0 saturated carbocycles. The van der Waals surface area contributed by atoms with Gasteiger partial charge in [-0.3, -0.25) is 4.79 Å². The summed E-state index contributed by atoms with van der Waals surface area (Å²) in [5.41, 5.74) is 0. The molecule has 0 heterocycles. The van der Waals surface area contributed by atoms with Crippen LogP contribution in [0.15, 0.2) is 23.1 Å². The third kappa shape index (κ3) is 3.95. The zero-order valence-corrected chi connectivity index (χ0v) is 10.1. The molecule has 17 heavy (non-hydrogen) atoms. The average molecular weight is 282 g/mol. The number of halogens is 2. The van der Waals surface area contributed by atoms with E-state index in [1.165, 1.54) is 0 Å². The van der Waals surface area contributed by atoms with Crippen LogP contribution < -0.4 is 4.72 Å². The van der Waals surface area contributed by atoms with Crippen LogP contribution in [0.25, 0.3) is 0 Å². The zero-order chi connectivity index (χ0) is 13.1. The fourth-order valence-corrected chi connectivity index (χ4v) is 2.62. The standard InChI is InChI=1S/C9H9ClFNO4S/c10-7-5-6(11)1-2-8(7)17(15,16)12-4-3-9(13)14/h1-2,5,12H,3-4H2,(H,13,14). The summed E-state index contributed by atoms with van der Waals surface area (Å²) in [6, 6.07) is 2.84. The Morgan fingerprint density at radius 2 is 2.12 bits per heavy atom. The molecule has 8 heteroatoms. The molecule has 0 spiro atoms. The first-order valence-electron chi connectivity index (χ1n) is 4.49. The fourth-order valence-electron chi connectivity index (χ4n) is 1.06. The van der Waals surface area contributed by atoms with E-state index < -0.39 is 21.8 Å². The first kappa shape index (κ1) is 13.9. The van der Waals surface area contributed by atoms with Crippen LogP contribution in [0.2, 0.25) is 5.02 Å². The van der Waals surface area contributed by atoms with Crippen LogP contribution in [0.5, 0.6) is 0 Å². The molecule has 94 valence electrons. The van der Waals surface area contributed by atoms with Gasteiger partial charge in [-0.05, 0) is 18.2 Å². The molecule has 0 radical (unpaired) electrons. The predicted octanol–water partition coefficient (Wildman–Crippen LogP) is 1.23. The zero-order valence-electron chi connectivity index (χ0n) is 8.48. The van der Waals surface area contributed by atoms with Gasteiger partial charge in [-0.2, -0.15) is 0 Å². The van der Waals surface area contributed by atoms with E-state index in [2.05, 4.69) is 4.72 Å². The Kier molecular flexibility index (Phi) is 4.44. The minimum absolute atomic E-state index is 0.257. The number of aliphatic carboxylic acids is 1. The Morgan fingerprint density at radius 1 is 1.47 bits per heavy atom. The van der Waals surface area contributed by atoms with Crippen LogP contribution in [-0.4, -0.2) is 26.0 Å². The number of sulfonamides is 1. The predicted molar refractivity (Wildman–Crippen MR) is 58.9 cm³/mol. The highest BCUT2D eigenvalue weighted by molar-refractivity contribution is 7.89. The number of carboxylic acid groups (broad SMARTS) is 1. The van der Waals surface area contributed by atoms with E-state index in [9.17, 15) is 17.6 Å². The van der Waals surface area contributed by atoms with Crippen molar-refractivity contribution in [2.24, 2.45) is 0 Å². The summed E-state index contributed by atoms with van der Waals surface area (Å²) in [6.45, 7) is -0.259. The molecule has 0 fully saturated rings. The van der Waals surface area contributed by atoms with Gasteiger partial charge in [-0.15, -0.1) is 0 Å². The molecule has 0 aliphatic heterocycles. The normalized spacial score (nSPS) is 11.4. The quantitative estimate of drug-likeness (QED) is 0.850. The summed E-state index contributed by atoms with van der Waals surface area (Å²) in [7, 11) is -3.92. The summed E-state index contributed by atoms with van der Waals surface area (Å²) in [4.78, 5) is 9.94. The molecule has 0 amide bonds. The molecule has 0 aromatic heterocycles. The summed E-state index contributed by atoms with van der Waals surface area (Å²) in [5, 5.41) is 8.10. The fraction of sp³-hybridized carbons (Fsp3) is 0.222. The number of carboxylic acids is 1. The van der Waals surface area contributed by atoms with E-state index >= 15 is 0 Å². The van der Waals surface area contributed by atoms with Gasteiger partial charge >= 0.3 is 5.97 Å². The maximum absolute atomic E-state index is 12.7. The Bertz CT molecular complexity index is 532. The Labute approximate surface area is 102 Å². The van der Waals surface area contributed by atoms with Crippen LogP contribution in [0, 0.1) is 5.82 Å². The maximum Gasteiger partial charge on any atom is 0.304 e. The molecule has 1 rings (SSSR count). The number of rotatable bonds is 5. The van der Waals surface area contributed by atoms with E-state index in [1.807, 2.05) is 0 Å². The van der Waals surface area contributed by atoms with Crippen molar-refractivity contribution in [3.63, 3.8) is 0 Å². The highest BCUT2D eigenvalue weighted by atomic mass is 35.5. The summed E-state index contributed by atoms with van der Waals surface area (Å²) < 4.78 is 38.0. The first-order chi connectivity index (χ1) is 7.83. The lowest BCUT2D eigenvalue weighted by molar-refractivity contribution is -0.136. The second-order valence-corrected chi connectivity index (χ2v) is 5.26. The Morgan fingerprint density at radius 3 is 2.65 bits per heavy atom. The van der Waals surface area contributed by atoms with Crippen LogP contribution >= 0.6 is 11.6 Å². The molecule has 0 aliphatic carbocycles. The SMILES string of the molecule is O=C(O)CCNS(=O)(=O)c1ccc(F)cc1Cl. The van der Waals surface area contributed by atoms with Gasteiger partial charge in [0.05, 0.1) is 11.4 Å². The minimum atomic E-state index is -3.92. The first-order valence-corrected chi connectivity index (χ1v) is 6.35. The Balaban J connectivity index is 2.86. The van der Waals surface area contributed by atoms with Gasteiger partial charge in [0.25, 0.3) is 0 Å². The molecule has 1 aromatic rings. The van der Waals surface area contributed by atoms with Gasteiger partial charge in [0.2, 0.25) is 10.0 Å². The monoisotopic (exact) mass is 281 g/mol. The molecule has 0 saturated heterocycles. The number of nitrogens with one attached hydrogen (secondary N) is 1. The van der Waals surface area contributed by atoms with Crippen LogP contribution in [-0.2, 0) is 14.8 Å². The van der Waals surface area contributed by atoms with E-state index in [1.54, 1.807) is 0 Å². The van der Waals surface area contributed by atoms with Gasteiger partial charge in [-0.25, -0.2) is 17.5 Å². The Hall–Kier alpha value is -1.18. The number of carbonyl (C=O) groups is 1. The minimum Gasteiger partial charge on any atom is -0.481 e. The second-order valence-electron chi connectivity index (χ2n) is 3.12. The van der Waals surface area contributed by atoms with Gasteiger partial charge in [0.1, 0.15) is 10.7 Å². The lowest BCUT2D eigenvalue weighted by Crippen LogP contribution is -2.26. The van der Waals surface area contributed by atoms with Gasteiger partial charge < -0.3 is 5.11 Å². The van der Waals surface area contributed by atoms with Gasteiger partial charge in [0, 0.05) is 6.54 Å². The highest BCUT2D eigenvalue weighted by Gasteiger charge is 2.18. The second kappa shape index (κ2) is 5.44. The molecule has 0 bridgehead atoms. The van der Waals surface area contributed by atoms with Crippen molar-refractivity contribution in [2.45, 2.75) is 11.3 Å². The number of benzene rings is 1. The molecule has 0 atom stereocenters. The van der Waals surface area contributed by atoms with Crippen molar-refractivity contribution >= 4 is 27.6 Å². The van der Waals surface area contributed by atoms with Crippen LogP contribution in [0.3, 0.4) is 0 Å². The molecule has 1 aromatic carbocycles. The van der Waals surface area contributed by atoms with Crippen molar-refractivity contribution in [1.29, 1.82) is 0 Å². The van der Waals surface area contributed by atoms with E-state index in [4.69, 9.17) is 16.7 Å². The summed E-state index contributed by atoms with van der Waals surface area (Å²) >= 11 is 5.58. The average Bonchev–Trinajstić information content (AvgIpc) is 2.15. The highest BCUT2D eigenvalue weighted by Crippen LogP contribution is 2.21. The van der Waals surface area contributed by atoms with Crippen molar-refractivity contribution in [3.8, 4) is 0 Å². The van der Waals surface area contributed by atoms with E-state index in [0.717, 1.165) is 18.2 Å².